The Bertz CT molecular complexity index is 1290. The van der Waals surface area contributed by atoms with Gasteiger partial charge < -0.3 is 9.64 Å². The molecule has 1 atom stereocenters. The van der Waals surface area contributed by atoms with Crippen molar-refractivity contribution in [1.29, 1.82) is 0 Å². The first-order chi connectivity index (χ1) is 17.9. The molecule has 2 fully saturated rings. The summed E-state index contributed by atoms with van der Waals surface area (Å²) in [5.74, 6) is 5.17. The van der Waals surface area contributed by atoms with Crippen LogP contribution < -0.4 is 5.32 Å². The molecule has 2 aliphatic heterocycles. The number of amides is 2. The number of likely N-dealkylation sites (N-methyl/N-ethyl adjacent to an activating group) is 1. The normalized spacial score (nSPS) is 18.6. The van der Waals surface area contributed by atoms with Crippen LogP contribution in [0, 0.1) is 17.7 Å². The number of imide groups is 1. The fraction of sp³-hybridized carbons (Fsp3) is 0.357. The Kier molecular flexibility index (Phi) is 8.43. The Labute approximate surface area is 215 Å². The predicted molar refractivity (Wildman–Crippen MR) is 137 cm³/mol. The second-order valence-corrected chi connectivity index (χ2v) is 9.05. The van der Waals surface area contributed by atoms with E-state index in [-0.39, 0.29) is 29.4 Å². The molecule has 1 N–H and O–H groups in total. The molecule has 37 heavy (non-hydrogen) atoms. The molecule has 1 unspecified atom stereocenters. The molecule has 0 spiro atoms. The van der Waals surface area contributed by atoms with E-state index in [0.717, 1.165) is 18.7 Å². The zero-order valence-corrected chi connectivity index (χ0v) is 20.9. The van der Waals surface area contributed by atoms with E-state index in [2.05, 4.69) is 27.0 Å². The first-order valence-corrected chi connectivity index (χ1v) is 12.2. The Balaban J connectivity index is 1.53. The van der Waals surface area contributed by atoms with E-state index in [1.807, 2.05) is 6.07 Å². The lowest BCUT2D eigenvalue weighted by Crippen LogP contribution is -2.52. The summed E-state index contributed by atoms with van der Waals surface area (Å²) in [7, 11) is 1.72. The smallest absolute Gasteiger partial charge is 0.249 e. The second kappa shape index (κ2) is 11.9. The molecule has 2 aromatic carbocycles. The van der Waals surface area contributed by atoms with E-state index < -0.39 is 11.9 Å². The summed E-state index contributed by atoms with van der Waals surface area (Å²) < 4.78 is 20.1. The molecule has 2 saturated heterocycles. The first kappa shape index (κ1) is 26.2. The summed E-state index contributed by atoms with van der Waals surface area (Å²) in [4.78, 5) is 44.1. The Morgan fingerprint density at radius 3 is 2.68 bits per heavy atom. The summed E-state index contributed by atoms with van der Waals surface area (Å²) in [6.45, 7) is 5.38. The van der Waals surface area contributed by atoms with Gasteiger partial charge in [0, 0.05) is 38.7 Å². The number of benzene rings is 2. The van der Waals surface area contributed by atoms with Crippen molar-refractivity contribution in [1.82, 2.24) is 15.1 Å². The average Bonchev–Trinajstić information content (AvgIpc) is 2.88. The third kappa shape index (κ3) is 6.47. The van der Waals surface area contributed by atoms with Crippen LogP contribution in [0.5, 0.6) is 0 Å². The van der Waals surface area contributed by atoms with Gasteiger partial charge in [0.05, 0.1) is 30.0 Å². The Hall–Kier alpha value is -3.87. The molecule has 192 valence electrons. The number of hydrogen-bond acceptors (Lipinski definition) is 6. The van der Waals surface area contributed by atoms with Gasteiger partial charge >= 0.3 is 0 Å². The Morgan fingerprint density at radius 2 is 1.97 bits per heavy atom. The number of hydrogen-bond donors (Lipinski definition) is 1. The fourth-order valence-corrected chi connectivity index (χ4v) is 4.32. The molecule has 0 saturated carbocycles. The minimum Gasteiger partial charge on any atom is -0.379 e. The lowest BCUT2D eigenvalue weighted by atomic mass is 10.0. The maximum atomic E-state index is 14.8. The molecular weight excluding hydrogens is 475 g/mol. The van der Waals surface area contributed by atoms with Gasteiger partial charge in [-0.2, -0.15) is 0 Å². The van der Waals surface area contributed by atoms with Crippen LogP contribution in [0.15, 0.2) is 41.4 Å². The molecule has 0 aromatic heterocycles. The summed E-state index contributed by atoms with van der Waals surface area (Å²) >= 11 is 0. The second-order valence-electron chi connectivity index (χ2n) is 9.05. The molecule has 4 rings (SSSR count). The number of halogens is 1. The highest BCUT2D eigenvalue weighted by atomic mass is 19.1. The van der Waals surface area contributed by atoms with E-state index in [9.17, 15) is 18.8 Å². The van der Waals surface area contributed by atoms with Gasteiger partial charge in [-0.25, -0.2) is 9.38 Å². The van der Waals surface area contributed by atoms with Crippen molar-refractivity contribution in [3.05, 3.63) is 64.5 Å². The molecule has 0 bridgehead atoms. The largest absolute Gasteiger partial charge is 0.379 e. The lowest BCUT2D eigenvalue weighted by Gasteiger charge is -2.31. The van der Waals surface area contributed by atoms with Crippen molar-refractivity contribution in [2.24, 2.45) is 4.99 Å². The van der Waals surface area contributed by atoms with Gasteiger partial charge in [-0.05, 0) is 43.2 Å². The SMILES string of the molecule is CC(=Nc1cccc(C#Cc2ccc(CN3CCOCC3)cc2F)c1C=O)N(C)C1CCC(=O)NC1=O. The highest BCUT2D eigenvalue weighted by Crippen LogP contribution is 2.23. The molecule has 8 nitrogen and oxygen atoms in total. The van der Waals surface area contributed by atoms with Gasteiger partial charge in [0.2, 0.25) is 11.8 Å². The number of morpholine rings is 1. The van der Waals surface area contributed by atoms with Crippen LogP contribution in [0.3, 0.4) is 0 Å². The Morgan fingerprint density at radius 1 is 1.22 bits per heavy atom. The number of nitrogens with zero attached hydrogens (tertiary/aromatic N) is 3. The van der Waals surface area contributed by atoms with Crippen molar-refractivity contribution in [3.63, 3.8) is 0 Å². The maximum Gasteiger partial charge on any atom is 0.249 e. The number of piperidine rings is 1. The molecule has 9 heteroatoms. The van der Waals surface area contributed by atoms with E-state index in [4.69, 9.17) is 4.74 Å². The highest BCUT2D eigenvalue weighted by molar-refractivity contribution is 6.02. The topological polar surface area (TPSA) is 91.3 Å². The average molecular weight is 505 g/mol. The number of aldehydes is 1. The standard InChI is InChI=1S/C28H29FN4O4/c1-19(32(2)26-10-11-27(35)31-28(26)36)30-25-5-3-4-21(23(25)18-34)8-9-22-7-6-20(16-24(22)29)17-33-12-14-37-15-13-33/h3-7,16,18,26H,10-15,17H2,1-2H3,(H,31,35,36). The predicted octanol–water partition coefficient (Wildman–Crippen LogP) is 2.66. The minimum absolute atomic E-state index is 0.241. The quantitative estimate of drug-likeness (QED) is 0.221. The molecular formula is C28H29FN4O4. The molecule has 0 radical (unpaired) electrons. The van der Waals surface area contributed by atoms with Crippen molar-refractivity contribution in [2.45, 2.75) is 32.4 Å². The minimum atomic E-state index is -0.529. The summed E-state index contributed by atoms with van der Waals surface area (Å²) in [5, 5.41) is 2.33. The lowest BCUT2D eigenvalue weighted by molar-refractivity contribution is -0.136. The van der Waals surface area contributed by atoms with E-state index in [1.165, 1.54) is 6.07 Å². The van der Waals surface area contributed by atoms with Crippen molar-refractivity contribution < 1.29 is 23.5 Å². The number of nitrogens with one attached hydrogen (secondary N) is 1. The molecule has 2 aliphatic rings. The van der Waals surface area contributed by atoms with Gasteiger partial charge in [0.1, 0.15) is 17.7 Å². The van der Waals surface area contributed by atoms with Gasteiger partial charge in [0.15, 0.2) is 6.29 Å². The van der Waals surface area contributed by atoms with Crippen molar-refractivity contribution >= 4 is 29.6 Å². The van der Waals surface area contributed by atoms with E-state index in [0.29, 0.717) is 49.6 Å². The van der Waals surface area contributed by atoms with Crippen LogP contribution in [0.2, 0.25) is 0 Å². The zero-order chi connectivity index (χ0) is 26.4. The molecule has 2 amide bonds. The molecule has 2 aromatic rings. The zero-order valence-electron chi connectivity index (χ0n) is 20.9. The van der Waals surface area contributed by atoms with Gasteiger partial charge in [-0.15, -0.1) is 0 Å². The highest BCUT2D eigenvalue weighted by Gasteiger charge is 2.30. The number of ether oxygens (including phenoxy) is 1. The van der Waals surface area contributed by atoms with Gasteiger partial charge in [0.25, 0.3) is 0 Å². The third-order valence-electron chi connectivity index (χ3n) is 6.55. The number of carbonyl (C=O) groups is 3. The maximum absolute atomic E-state index is 14.8. The van der Waals surface area contributed by atoms with Gasteiger partial charge in [-0.1, -0.05) is 24.0 Å². The first-order valence-electron chi connectivity index (χ1n) is 12.2. The third-order valence-corrected chi connectivity index (χ3v) is 6.55. The van der Waals surface area contributed by atoms with Gasteiger partial charge in [-0.3, -0.25) is 24.6 Å². The molecule has 0 aliphatic carbocycles. The summed E-state index contributed by atoms with van der Waals surface area (Å²) in [6, 6.07) is 9.56. The summed E-state index contributed by atoms with van der Waals surface area (Å²) in [5.41, 5.74) is 2.19. The van der Waals surface area contributed by atoms with Crippen LogP contribution in [-0.4, -0.2) is 73.1 Å². The summed E-state index contributed by atoms with van der Waals surface area (Å²) in [6.07, 6.45) is 1.31. The number of aliphatic imine (C=N–C) groups is 1. The van der Waals surface area contributed by atoms with Crippen LogP contribution in [0.25, 0.3) is 0 Å². The number of amidine groups is 1. The van der Waals surface area contributed by atoms with Crippen molar-refractivity contribution in [3.8, 4) is 11.8 Å². The van der Waals surface area contributed by atoms with Crippen LogP contribution in [-0.2, 0) is 20.9 Å². The van der Waals surface area contributed by atoms with Crippen LogP contribution in [0.1, 0.15) is 46.8 Å². The van der Waals surface area contributed by atoms with E-state index >= 15 is 0 Å². The number of rotatable bonds is 5. The monoisotopic (exact) mass is 504 g/mol. The van der Waals surface area contributed by atoms with Crippen molar-refractivity contribution in [2.75, 3.05) is 33.4 Å². The fourth-order valence-electron chi connectivity index (χ4n) is 4.32. The molecule has 2 heterocycles. The van der Waals surface area contributed by atoms with Crippen LogP contribution >= 0.6 is 0 Å². The van der Waals surface area contributed by atoms with Crippen LogP contribution in [0.4, 0.5) is 10.1 Å². The number of carbonyl (C=O) groups excluding carboxylic acids is 3. The van der Waals surface area contributed by atoms with E-state index in [1.54, 1.807) is 43.1 Å².